The molecule has 1 fully saturated rings. The Bertz CT molecular complexity index is 726. The van der Waals surface area contributed by atoms with Crippen LogP contribution in [0.4, 0.5) is 0 Å². The number of rotatable bonds is 6. The van der Waals surface area contributed by atoms with Gasteiger partial charge in [0, 0.05) is 32.8 Å². The minimum Gasteiger partial charge on any atom is -0.480 e. The molecule has 1 aliphatic rings. The fraction of sp³-hybridized carbons (Fsp3) is 0.600. The lowest BCUT2D eigenvalue weighted by Crippen LogP contribution is -2.28. The van der Waals surface area contributed by atoms with Crippen LogP contribution in [0, 0.1) is 0 Å². The summed E-state index contributed by atoms with van der Waals surface area (Å²) in [6.07, 6.45) is 0.878. The molecule has 130 valence electrons. The second-order valence-electron chi connectivity index (χ2n) is 5.74. The predicted octanol–water partition coefficient (Wildman–Crippen LogP) is 0.352. The van der Waals surface area contributed by atoms with Gasteiger partial charge in [0.1, 0.15) is 0 Å². The van der Waals surface area contributed by atoms with Crippen LogP contribution >= 0.6 is 0 Å². The standard InChI is InChI=1S/C15H22N6O3/c1-4-21-14(18-19-15(21)22)12-7-11(23-2)9-20(12)8-10-5-6-13(24-3)17-16-10/h5-6,11-12H,4,7-9H2,1-3H3,(H,19,22)/t11-,12-/m0/s1. The first kappa shape index (κ1) is 16.6. The number of likely N-dealkylation sites (tertiary alicyclic amines) is 1. The summed E-state index contributed by atoms with van der Waals surface area (Å²) in [5.74, 6) is 1.22. The molecule has 1 N–H and O–H groups in total. The van der Waals surface area contributed by atoms with E-state index < -0.39 is 0 Å². The third-order valence-electron chi connectivity index (χ3n) is 4.37. The van der Waals surface area contributed by atoms with Crippen molar-refractivity contribution < 1.29 is 9.47 Å². The molecular weight excluding hydrogens is 312 g/mol. The van der Waals surface area contributed by atoms with Crippen molar-refractivity contribution in [2.45, 2.75) is 38.6 Å². The van der Waals surface area contributed by atoms with Crippen molar-refractivity contribution in [3.05, 3.63) is 34.1 Å². The fourth-order valence-corrected chi connectivity index (χ4v) is 3.11. The van der Waals surface area contributed by atoms with E-state index in [0.717, 1.165) is 24.5 Å². The van der Waals surface area contributed by atoms with Gasteiger partial charge >= 0.3 is 5.69 Å². The van der Waals surface area contributed by atoms with E-state index >= 15 is 0 Å². The van der Waals surface area contributed by atoms with Crippen LogP contribution in [0.5, 0.6) is 5.88 Å². The second-order valence-corrected chi connectivity index (χ2v) is 5.74. The molecule has 0 unspecified atom stereocenters. The number of aromatic nitrogens is 5. The van der Waals surface area contributed by atoms with Crippen LogP contribution in [0.25, 0.3) is 0 Å². The molecule has 9 heteroatoms. The number of nitrogens with zero attached hydrogens (tertiary/aromatic N) is 5. The molecule has 0 aliphatic carbocycles. The average molecular weight is 334 g/mol. The molecule has 3 rings (SSSR count). The van der Waals surface area contributed by atoms with Crippen LogP contribution in [-0.4, -0.2) is 56.7 Å². The van der Waals surface area contributed by atoms with E-state index in [4.69, 9.17) is 9.47 Å². The minimum absolute atomic E-state index is 0.00208. The maximum Gasteiger partial charge on any atom is 0.343 e. The first-order chi connectivity index (χ1) is 11.7. The largest absolute Gasteiger partial charge is 0.480 e. The van der Waals surface area contributed by atoms with Gasteiger partial charge in [-0.3, -0.25) is 9.47 Å². The van der Waals surface area contributed by atoms with Crippen molar-refractivity contribution in [2.75, 3.05) is 20.8 Å². The smallest absolute Gasteiger partial charge is 0.343 e. The quantitative estimate of drug-likeness (QED) is 0.814. The van der Waals surface area contributed by atoms with Gasteiger partial charge in [-0.1, -0.05) is 0 Å². The summed E-state index contributed by atoms with van der Waals surface area (Å²) in [5, 5.41) is 15.0. The molecule has 2 aromatic heterocycles. The number of nitrogens with one attached hydrogen (secondary N) is 1. The molecule has 0 spiro atoms. The zero-order chi connectivity index (χ0) is 17.1. The van der Waals surface area contributed by atoms with E-state index in [0.29, 0.717) is 19.0 Å². The van der Waals surface area contributed by atoms with Gasteiger partial charge in [0.05, 0.1) is 24.9 Å². The van der Waals surface area contributed by atoms with Crippen molar-refractivity contribution in [3.63, 3.8) is 0 Å². The molecule has 24 heavy (non-hydrogen) atoms. The van der Waals surface area contributed by atoms with Crippen LogP contribution in [0.3, 0.4) is 0 Å². The average Bonchev–Trinajstić information content (AvgIpc) is 3.18. The lowest BCUT2D eigenvalue weighted by Gasteiger charge is -2.22. The van der Waals surface area contributed by atoms with E-state index in [1.165, 1.54) is 0 Å². The third kappa shape index (κ3) is 3.17. The number of aromatic amines is 1. The van der Waals surface area contributed by atoms with Gasteiger partial charge in [0.2, 0.25) is 5.88 Å². The summed E-state index contributed by atoms with van der Waals surface area (Å²) in [5.41, 5.74) is 0.649. The summed E-state index contributed by atoms with van der Waals surface area (Å²) in [6, 6.07) is 3.68. The number of hydrogen-bond acceptors (Lipinski definition) is 7. The van der Waals surface area contributed by atoms with Gasteiger partial charge in [0.25, 0.3) is 0 Å². The number of ether oxygens (including phenoxy) is 2. The summed E-state index contributed by atoms with van der Waals surface area (Å²) >= 11 is 0. The van der Waals surface area contributed by atoms with Crippen LogP contribution in [-0.2, 0) is 17.8 Å². The maximum absolute atomic E-state index is 11.9. The molecule has 0 radical (unpaired) electrons. The Morgan fingerprint density at radius 2 is 2.17 bits per heavy atom. The number of hydrogen-bond donors (Lipinski definition) is 1. The molecule has 2 aromatic rings. The second kappa shape index (κ2) is 7.10. The van der Waals surface area contributed by atoms with Crippen molar-refractivity contribution in [1.82, 2.24) is 29.9 Å². The molecule has 1 saturated heterocycles. The van der Waals surface area contributed by atoms with Crippen LogP contribution in [0.15, 0.2) is 16.9 Å². The number of H-pyrrole nitrogens is 1. The minimum atomic E-state index is -0.183. The summed E-state index contributed by atoms with van der Waals surface area (Å²) in [6.45, 7) is 3.86. The molecule has 9 nitrogen and oxygen atoms in total. The fourth-order valence-electron chi connectivity index (χ4n) is 3.11. The molecule has 0 amide bonds. The van der Waals surface area contributed by atoms with E-state index in [2.05, 4.69) is 25.3 Å². The zero-order valence-electron chi connectivity index (χ0n) is 14.1. The van der Waals surface area contributed by atoms with E-state index in [1.807, 2.05) is 13.0 Å². The summed E-state index contributed by atoms with van der Waals surface area (Å²) in [7, 11) is 3.26. The highest BCUT2D eigenvalue weighted by molar-refractivity contribution is 5.12. The van der Waals surface area contributed by atoms with Crippen molar-refractivity contribution in [1.29, 1.82) is 0 Å². The van der Waals surface area contributed by atoms with Gasteiger partial charge in [0.15, 0.2) is 5.82 Å². The van der Waals surface area contributed by atoms with E-state index in [1.54, 1.807) is 24.9 Å². The van der Waals surface area contributed by atoms with Crippen molar-refractivity contribution in [3.8, 4) is 5.88 Å². The number of methoxy groups -OCH3 is 2. The highest BCUT2D eigenvalue weighted by atomic mass is 16.5. The molecule has 0 bridgehead atoms. The normalized spacial score (nSPS) is 21.3. The van der Waals surface area contributed by atoms with Gasteiger partial charge in [-0.15, -0.1) is 5.10 Å². The summed E-state index contributed by atoms with van der Waals surface area (Å²) in [4.78, 5) is 14.1. The van der Waals surface area contributed by atoms with Crippen molar-refractivity contribution >= 4 is 0 Å². The maximum atomic E-state index is 11.9. The molecule has 3 heterocycles. The first-order valence-corrected chi connectivity index (χ1v) is 7.94. The lowest BCUT2D eigenvalue weighted by atomic mass is 10.2. The van der Waals surface area contributed by atoms with Gasteiger partial charge < -0.3 is 9.47 Å². The molecular formula is C15H22N6O3. The predicted molar refractivity (Wildman–Crippen MR) is 85.7 cm³/mol. The van der Waals surface area contributed by atoms with E-state index in [-0.39, 0.29) is 17.8 Å². The Morgan fingerprint density at radius 1 is 1.33 bits per heavy atom. The van der Waals surface area contributed by atoms with Gasteiger partial charge in [-0.25, -0.2) is 9.89 Å². The Balaban J connectivity index is 1.84. The molecule has 1 aliphatic heterocycles. The Morgan fingerprint density at radius 3 is 2.79 bits per heavy atom. The monoisotopic (exact) mass is 334 g/mol. The first-order valence-electron chi connectivity index (χ1n) is 7.94. The topological polar surface area (TPSA) is 98.2 Å². The van der Waals surface area contributed by atoms with Crippen LogP contribution in [0.1, 0.15) is 30.9 Å². The van der Waals surface area contributed by atoms with Gasteiger partial charge in [-0.2, -0.15) is 10.2 Å². The Labute approximate surface area is 139 Å². The Hall–Kier alpha value is -2.26. The SMILES string of the molecule is CCn1c([C@@H]2C[C@H](OC)CN2Cc2ccc(OC)nn2)n[nH]c1=O. The Kier molecular flexibility index (Phi) is 4.91. The van der Waals surface area contributed by atoms with Crippen LogP contribution in [0.2, 0.25) is 0 Å². The molecule has 0 aromatic carbocycles. The van der Waals surface area contributed by atoms with Gasteiger partial charge in [-0.05, 0) is 19.4 Å². The lowest BCUT2D eigenvalue weighted by molar-refractivity contribution is 0.107. The van der Waals surface area contributed by atoms with Crippen molar-refractivity contribution in [2.24, 2.45) is 0 Å². The highest BCUT2D eigenvalue weighted by Gasteiger charge is 2.36. The van der Waals surface area contributed by atoms with Crippen LogP contribution < -0.4 is 10.4 Å². The van der Waals surface area contributed by atoms with E-state index in [9.17, 15) is 4.79 Å². The molecule has 0 saturated carbocycles. The highest BCUT2D eigenvalue weighted by Crippen LogP contribution is 2.32. The molecule has 2 atom stereocenters. The third-order valence-corrected chi connectivity index (χ3v) is 4.37. The summed E-state index contributed by atoms with van der Waals surface area (Å²) < 4.78 is 12.2. The zero-order valence-corrected chi connectivity index (χ0v) is 14.1.